The van der Waals surface area contributed by atoms with Gasteiger partial charge in [0.25, 0.3) is 0 Å². The summed E-state index contributed by atoms with van der Waals surface area (Å²) in [7, 11) is 2.07. The van der Waals surface area contributed by atoms with Crippen LogP contribution in [-0.2, 0) is 11.8 Å². The Kier molecular flexibility index (Phi) is 5.85. The fourth-order valence-corrected chi connectivity index (χ4v) is 3.04. The molecule has 0 saturated carbocycles. The zero-order valence-electron chi connectivity index (χ0n) is 13.6. The average molecular weight is 291 g/mol. The summed E-state index contributed by atoms with van der Waals surface area (Å²) in [6.45, 7) is 5.61. The molecular weight excluding hydrogens is 262 g/mol. The van der Waals surface area contributed by atoms with Crippen molar-refractivity contribution >= 4 is 5.91 Å². The van der Waals surface area contributed by atoms with E-state index in [4.69, 9.17) is 0 Å². The van der Waals surface area contributed by atoms with Crippen molar-refractivity contribution in [1.29, 1.82) is 0 Å². The van der Waals surface area contributed by atoms with Gasteiger partial charge in [-0.05, 0) is 38.3 Å². The molecule has 1 aromatic heterocycles. The lowest BCUT2D eigenvalue weighted by Crippen LogP contribution is -2.43. The molecule has 0 bridgehead atoms. The van der Waals surface area contributed by atoms with Crippen LogP contribution in [-0.4, -0.2) is 34.5 Å². The van der Waals surface area contributed by atoms with Crippen LogP contribution in [0.4, 0.5) is 0 Å². The molecule has 0 spiro atoms. The number of hydrogen-bond donors (Lipinski definition) is 1. The molecule has 4 heteroatoms. The Hall–Kier alpha value is -1.29. The van der Waals surface area contributed by atoms with Crippen LogP contribution in [0.15, 0.2) is 18.3 Å². The molecule has 21 heavy (non-hydrogen) atoms. The van der Waals surface area contributed by atoms with Gasteiger partial charge in [0.05, 0.1) is 12.6 Å². The maximum atomic E-state index is 12.6. The molecule has 1 aromatic rings. The van der Waals surface area contributed by atoms with Gasteiger partial charge in [-0.25, -0.2) is 0 Å². The average Bonchev–Trinajstić information content (AvgIpc) is 2.76. The number of rotatable bonds is 5. The van der Waals surface area contributed by atoms with Crippen LogP contribution < -0.4 is 5.32 Å². The Balaban J connectivity index is 2.09. The number of amides is 1. The number of nitrogens with zero attached hydrogens (tertiary/aromatic N) is 2. The topological polar surface area (TPSA) is 37.3 Å². The molecular formula is C17H29N3O. The fraction of sp³-hybridized carbons (Fsp3) is 0.706. The van der Waals surface area contributed by atoms with Crippen molar-refractivity contribution in [2.45, 2.75) is 58.0 Å². The van der Waals surface area contributed by atoms with E-state index in [0.29, 0.717) is 12.6 Å². The number of aryl methyl sites for hydroxylation is 1. The lowest BCUT2D eigenvalue weighted by molar-refractivity contribution is -0.132. The van der Waals surface area contributed by atoms with Gasteiger partial charge in [0.2, 0.25) is 5.91 Å². The Labute approximate surface area is 128 Å². The van der Waals surface area contributed by atoms with E-state index in [1.54, 1.807) is 0 Å². The van der Waals surface area contributed by atoms with Gasteiger partial charge in [0.15, 0.2) is 0 Å². The lowest BCUT2D eigenvalue weighted by atomic mass is 10.1. The molecule has 118 valence electrons. The highest BCUT2D eigenvalue weighted by Gasteiger charge is 2.27. The minimum absolute atomic E-state index is 0.235. The number of hydrogen-bond acceptors (Lipinski definition) is 2. The van der Waals surface area contributed by atoms with E-state index in [-0.39, 0.29) is 11.9 Å². The summed E-state index contributed by atoms with van der Waals surface area (Å²) in [4.78, 5) is 14.7. The maximum absolute atomic E-state index is 12.6. The standard InChI is InChI=1S/C17H29N3O/c1-4-14(2)18-13-17(21)20-12-7-5-6-9-16(20)15-10-8-11-19(15)3/h8,10-11,14,16,18H,4-7,9,12-13H2,1-3H3. The van der Waals surface area contributed by atoms with Crippen molar-refractivity contribution in [2.24, 2.45) is 7.05 Å². The molecule has 4 nitrogen and oxygen atoms in total. The summed E-state index contributed by atoms with van der Waals surface area (Å²) in [5.74, 6) is 0.239. The van der Waals surface area contributed by atoms with Crippen LogP contribution in [0.3, 0.4) is 0 Å². The molecule has 1 fully saturated rings. The minimum atomic E-state index is 0.235. The van der Waals surface area contributed by atoms with Gasteiger partial charge in [-0.1, -0.05) is 19.8 Å². The normalized spacial score (nSPS) is 21.1. The molecule has 2 rings (SSSR count). The first kappa shape index (κ1) is 16.1. The van der Waals surface area contributed by atoms with E-state index in [9.17, 15) is 4.79 Å². The van der Waals surface area contributed by atoms with E-state index >= 15 is 0 Å². The van der Waals surface area contributed by atoms with Crippen molar-refractivity contribution < 1.29 is 4.79 Å². The summed E-state index contributed by atoms with van der Waals surface area (Å²) in [6.07, 6.45) is 7.75. The largest absolute Gasteiger partial charge is 0.353 e. The maximum Gasteiger partial charge on any atom is 0.237 e. The third-order valence-corrected chi connectivity index (χ3v) is 4.61. The van der Waals surface area contributed by atoms with Crippen LogP contribution in [0, 0.1) is 0 Å². The molecule has 2 atom stereocenters. The van der Waals surface area contributed by atoms with E-state index in [2.05, 4.69) is 54.0 Å². The molecule has 1 N–H and O–H groups in total. The summed E-state index contributed by atoms with van der Waals surface area (Å²) in [6, 6.07) is 4.85. The molecule has 0 aromatic carbocycles. The predicted molar refractivity (Wildman–Crippen MR) is 86.1 cm³/mol. The lowest BCUT2D eigenvalue weighted by Gasteiger charge is -2.31. The summed E-state index contributed by atoms with van der Waals surface area (Å²) >= 11 is 0. The van der Waals surface area contributed by atoms with Gasteiger partial charge in [0, 0.05) is 31.5 Å². The number of carbonyl (C=O) groups is 1. The van der Waals surface area contributed by atoms with Gasteiger partial charge >= 0.3 is 0 Å². The van der Waals surface area contributed by atoms with Gasteiger partial charge in [-0.15, -0.1) is 0 Å². The smallest absolute Gasteiger partial charge is 0.237 e. The van der Waals surface area contributed by atoms with Crippen LogP contribution in [0.1, 0.15) is 57.7 Å². The Bertz CT molecular complexity index is 455. The second-order valence-electron chi connectivity index (χ2n) is 6.19. The molecule has 0 aliphatic carbocycles. The van der Waals surface area contributed by atoms with E-state index in [1.165, 1.54) is 18.5 Å². The van der Waals surface area contributed by atoms with Gasteiger partial charge in [-0.3, -0.25) is 4.79 Å². The zero-order chi connectivity index (χ0) is 15.2. The Morgan fingerprint density at radius 2 is 2.24 bits per heavy atom. The first-order valence-electron chi connectivity index (χ1n) is 8.27. The third kappa shape index (κ3) is 4.10. The molecule has 1 amide bonds. The third-order valence-electron chi connectivity index (χ3n) is 4.61. The van der Waals surface area contributed by atoms with Crippen LogP contribution >= 0.6 is 0 Å². The van der Waals surface area contributed by atoms with Gasteiger partial charge in [0.1, 0.15) is 0 Å². The second-order valence-corrected chi connectivity index (χ2v) is 6.19. The number of aromatic nitrogens is 1. The summed E-state index contributed by atoms with van der Waals surface area (Å²) in [5, 5.41) is 3.33. The first-order chi connectivity index (χ1) is 10.1. The Morgan fingerprint density at radius 1 is 1.43 bits per heavy atom. The quantitative estimate of drug-likeness (QED) is 0.906. The summed E-state index contributed by atoms with van der Waals surface area (Å²) < 4.78 is 2.15. The number of nitrogens with one attached hydrogen (secondary N) is 1. The highest BCUT2D eigenvalue weighted by molar-refractivity contribution is 5.78. The number of carbonyl (C=O) groups excluding carboxylic acids is 1. The van der Waals surface area contributed by atoms with Crippen molar-refractivity contribution in [3.8, 4) is 0 Å². The van der Waals surface area contributed by atoms with Gasteiger partial charge in [-0.2, -0.15) is 0 Å². The van der Waals surface area contributed by atoms with E-state index in [1.807, 2.05) is 0 Å². The van der Waals surface area contributed by atoms with Crippen LogP contribution in [0.25, 0.3) is 0 Å². The van der Waals surface area contributed by atoms with Crippen LogP contribution in [0.5, 0.6) is 0 Å². The molecule has 1 saturated heterocycles. The van der Waals surface area contributed by atoms with Gasteiger partial charge < -0.3 is 14.8 Å². The van der Waals surface area contributed by atoms with E-state index < -0.39 is 0 Å². The monoisotopic (exact) mass is 291 g/mol. The molecule has 0 radical (unpaired) electrons. The SMILES string of the molecule is CCC(C)NCC(=O)N1CCCCCC1c1cccn1C. The van der Waals surface area contributed by atoms with Crippen molar-refractivity contribution in [1.82, 2.24) is 14.8 Å². The Morgan fingerprint density at radius 3 is 2.90 bits per heavy atom. The molecule has 1 aliphatic rings. The number of likely N-dealkylation sites (tertiary alicyclic amines) is 1. The van der Waals surface area contributed by atoms with Crippen LogP contribution in [0.2, 0.25) is 0 Å². The predicted octanol–water partition coefficient (Wildman–Crippen LogP) is 2.86. The van der Waals surface area contributed by atoms with Crippen molar-refractivity contribution in [2.75, 3.05) is 13.1 Å². The van der Waals surface area contributed by atoms with Crippen molar-refractivity contribution in [3.05, 3.63) is 24.0 Å². The van der Waals surface area contributed by atoms with E-state index in [0.717, 1.165) is 25.8 Å². The second kappa shape index (κ2) is 7.64. The zero-order valence-corrected chi connectivity index (χ0v) is 13.6. The first-order valence-corrected chi connectivity index (χ1v) is 8.27. The summed E-state index contributed by atoms with van der Waals surface area (Å²) in [5.41, 5.74) is 1.26. The fourth-order valence-electron chi connectivity index (χ4n) is 3.04. The highest BCUT2D eigenvalue weighted by Crippen LogP contribution is 2.30. The minimum Gasteiger partial charge on any atom is -0.353 e. The molecule has 2 unspecified atom stereocenters. The molecule has 2 heterocycles. The molecule has 1 aliphatic heterocycles. The van der Waals surface area contributed by atoms with Crippen molar-refractivity contribution in [3.63, 3.8) is 0 Å². The highest BCUT2D eigenvalue weighted by atomic mass is 16.2.